The van der Waals surface area contributed by atoms with Gasteiger partial charge in [-0.25, -0.2) is 0 Å². The fraction of sp³-hybridized carbons (Fsp3) is 1.00. The van der Waals surface area contributed by atoms with Gasteiger partial charge in [0.2, 0.25) is 0 Å². The molecule has 0 aromatic heterocycles. The summed E-state index contributed by atoms with van der Waals surface area (Å²) in [7, 11) is 0. The van der Waals surface area contributed by atoms with Crippen LogP contribution in [0.2, 0.25) is 0 Å². The van der Waals surface area contributed by atoms with E-state index in [2.05, 4.69) is 0 Å². The summed E-state index contributed by atoms with van der Waals surface area (Å²) in [6.07, 6.45) is 0. The van der Waals surface area contributed by atoms with Gasteiger partial charge in [0.25, 0.3) is 0 Å². The lowest BCUT2D eigenvalue weighted by Gasteiger charge is -2.13. The third-order valence-electron chi connectivity index (χ3n) is 0.398. The van der Waals surface area contributed by atoms with Gasteiger partial charge in [0.15, 0.2) is 0 Å². The Hall–Kier alpha value is 0.540. The van der Waals surface area contributed by atoms with E-state index in [1.807, 2.05) is 0 Å². The monoisotopic (exact) mass is 142 g/mol. The van der Waals surface area contributed by atoms with Crippen molar-refractivity contribution in [2.45, 2.75) is 18.9 Å². The predicted octanol–water partition coefficient (Wildman–Crippen LogP) is 2.17. The average molecular weight is 143 g/mol. The second-order valence-corrected chi connectivity index (χ2v) is 2.75. The van der Waals surface area contributed by atoms with Gasteiger partial charge in [0.1, 0.15) is 11.1 Å². The molecule has 0 aromatic rings. The van der Waals surface area contributed by atoms with E-state index in [-0.39, 0.29) is 6.07 Å². The van der Waals surface area contributed by atoms with E-state index in [1.54, 1.807) is 13.8 Å². The number of ether oxygens (including phenoxy) is 1. The molecule has 1 nitrogen and oxygen atoms in total. The molecule has 7 heavy (non-hydrogen) atoms. The fourth-order valence-corrected chi connectivity index (χ4v) is 0.513. The molecule has 0 rings (SSSR count). The van der Waals surface area contributed by atoms with Crippen LogP contribution in [0, 0.1) is 0 Å². The van der Waals surface area contributed by atoms with Crippen molar-refractivity contribution in [3.05, 3.63) is 0 Å². The summed E-state index contributed by atoms with van der Waals surface area (Å²) in [5, 5.41) is -0.609. The summed E-state index contributed by atoms with van der Waals surface area (Å²) >= 11 is 10.7. The molecule has 0 saturated carbocycles. The second kappa shape index (κ2) is 2.75. The fourth-order valence-electron chi connectivity index (χ4n) is 0.130. The highest BCUT2D eigenvalue weighted by Gasteiger charge is 2.10. The highest BCUT2D eigenvalue weighted by atomic mass is 35.5. The van der Waals surface area contributed by atoms with E-state index in [0.29, 0.717) is 0 Å². The Kier molecular flexibility index (Phi) is 2.96. The zero-order valence-electron chi connectivity index (χ0n) is 4.37. The largest absolute Gasteiger partial charge is 0.345 e. The molecule has 0 bridgehead atoms. The highest BCUT2D eigenvalue weighted by Crippen LogP contribution is 2.13. The molecule has 0 unspecified atom stereocenters. The van der Waals surface area contributed by atoms with E-state index in [0.717, 1.165) is 0 Å². The van der Waals surface area contributed by atoms with E-state index in [4.69, 9.17) is 27.9 Å². The number of rotatable bonds is 2. The topological polar surface area (TPSA) is 9.23 Å². The van der Waals surface area contributed by atoms with Crippen LogP contribution in [0.15, 0.2) is 0 Å². The lowest BCUT2D eigenvalue weighted by Crippen LogP contribution is -2.13. The van der Waals surface area contributed by atoms with E-state index in [9.17, 15) is 0 Å². The Morgan fingerprint density at radius 2 is 2.00 bits per heavy atom. The Labute approximate surface area is 53.6 Å². The minimum absolute atomic E-state index is 0.149. The van der Waals surface area contributed by atoms with E-state index < -0.39 is 5.06 Å². The minimum atomic E-state index is -0.609. The smallest absolute Gasteiger partial charge is 0.137 e. The lowest BCUT2D eigenvalue weighted by atomic mass is 10.5. The molecule has 0 spiro atoms. The molecule has 0 N–H and O–H groups in total. The zero-order valence-corrected chi connectivity index (χ0v) is 5.88. The first-order chi connectivity index (χ1) is 3.06. The number of hydrogen-bond acceptors (Lipinski definition) is 1. The molecule has 3 heteroatoms. The summed E-state index contributed by atoms with van der Waals surface area (Å²) in [6.45, 7) is 3.47. The van der Waals surface area contributed by atoms with Crippen molar-refractivity contribution in [2.75, 3.05) is 6.07 Å². The summed E-state index contributed by atoms with van der Waals surface area (Å²) in [5.41, 5.74) is 0. The number of halogens is 2. The molecule has 0 aliphatic heterocycles. The lowest BCUT2D eigenvalue weighted by molar-refractivity contribution is 0.0808. The van der Waals surface area contributed by atoms with E-state index in [1.165, 1.54) is 0 Å². The van der Waals surface area contributed by atoms with Crippen LogP contribution in [0.4, 0.5) is 0 Å². The first-order valence-corrected chi connectivity index (χ1v) is 2.86. The van der Waals surface area contributed by atoms with Gasteiger partial charge in [-0.3, -0.25) is 0 Å². The SMILES string of the molecule is CC(C)(Cl)OCCl. The van der Waals surface area contributed by atoms with Crippen LogP contribution in [-0.4, -0.2) is 11.1 Å². The molecule has 0 radical (unpaired) electrons. The van der Waals surface area contributed by atoms with E-state index >= 15 is 0 Å². The molecule has 44 valence electrons. The van der Waals surface area contributed by atoms with Crippen molar-refractivity contribution in [3.63, 3.8) is 0 Å². The van der Waals surface area contributed by atoms with Crippen molar-refractivity contribution < 1.29 is 4.74 Å². The third kappa shape index (κ3) is 6.54. The van der Waals surface area contributed by atoms with Gasteiger partial charge in [0, 0.05) is 0 Å². The zero-order chi connectivity index (χ0) is 5.91. The van der Waals surface area contributed by atoms with Crippen LogP contribution in [0.1, 0.15) is 13.8 Å². The quantitative estimate of drug-likeness (QED) is 0.538. The highest BCUT2D eigenvalue weighted by molar-refractivity contribution is 6.23. The summed E-state index contributed by atoms with van der Waals surface area (Å²) in [6, 6.07) is 0.149. The van der Waals surface area contributed by atoms with Crippen molar-refractivity contribution in [1.29, 1.82) is 0 Å². The maximum atomic E-state index is 5.53. The van der Waals surface area contributed by atoms with Gasteiger partial charge in [-0.05, 0) is 13.8 Å². The molecular formula is C4H8Cl2O. The van der Waals surface area contributed by atoms with Crippen LogP contribution in [0.3, 0.4) is 0 Å². The Bertz CT molecular complexity index is 48.1. The average Bonchev–Trinajstić information content (AvgIpc) is 1.30. The van der Waals surface area contributed by atoms with Gasteiger partial charge < -0.3 is 4.74 Å². The molecule has 0 aliphatic rings. The summed E-state index contributed by atoms with van der Waals surface area (Å²) in [4.78, 5) is 0. The van der Waals surface area contributed by atoms with Gasteiger partial charge >= 0.3 is 0 Å². The molecule has 0 amide bonds. The molecule has 0 saturated heterocycles. The third-order valence-corrected chi connectivity index (χ3v) is 0.616. The minimum Gasteiger partial charge on any atom is -0.345 e. The van der Waals surface area contributed by atoms with Gasteiger partial charge in [-0.15, -0.1) is 0 Å². The predicted molar refractivity (Wildman–Crippen MR) is 31.7 cm³/mol. The first kappa shape index (κ1) is 7.54. The maximum absolute atomic E-state index is 5.53. The maximum Gasteiger partial charge on any atom is 0.137 e. The van der Waals surface area contributed by atoms with Crippen molar-refractivity contribution in [3.8, 4) is 0 Å². The molecule has 0 heterocycles. The van der Waals surface area contributed by atoms with Crippen molar-refractivity contribution in [2.24, 2.45) is 0 Å². The molecule has 0 fully saturated rings. The summed E-state index contributed by atoms with van der Waals surface area (Å²) < 4.78 is 4.76. The van der Waals surface area contributed by atoms with Crippen molar-refractivity contribution in [1.82, 2.24) is 0 Å². The number of hydrogen-bond donors (Lipinski definition) is 0. The Balaban J connectivity index is 3.15. The Morgan fingerprint density at radius 1 is 1.57 bits per heavy atom. The van der Waals surface area contributed by atoms with Gasteiger partial charge in [0.05, 0.1) is 0 Å². The Morgan fingerprint density at radius 3 is 2.00 bits per heavy atom. The number of alkyl halides is 2. The molecule has 0 aromatic carbocycles. The summed E-state index contributed by atoms with van der Waals surface area (Å²) in [5.74, 6) is 0. The standard InChI is InChI=1S/C4H8Cl2O/c1-4(2,6)7-3-5/h3H2,1-2H3. The van der Waals surface area contributed by atoms with Crippen LogP contribution < -0.4 is 0 Å². The molecule has 0 aliphatic carbocycles. The van der Waals surface area contributed by atoms with Crippen LogP contribution in [0.25, 0.3) is 0 Å². The molecular weight excluding hydrogens is 135 g/mol. The normalized spacial score (nSPS) is 12.0. The van der Waals surface area contributed by atoms with Crippen LogP contribution >= 0.6 is 23.2 Å². The van der Waals surface area contributed by atoms with Gasteiger partial charge in [-0.1, -0.05) is 23.2 Å². The van der Waals surface area contributed by atoms with Crippen LogP contribution in [0.5, 0.6) is 0 Å². The van der Waals surface area contributed by atoms with Crippen molar-refractivity contribution >= 4 is 23.2 Å². The van der Waals surface area contributed by atoms with Crippen LogP contribution in [-0.2, 0) is 4.74 Å². The first-order valence-electron chi connectivity index (χ1n) is 1.95. The second-order valence-electron chi connectivity index (χ2n) is 1.62. The molecule has 0 atom stereocenters. The van der Waals surface area contributed by atoms with Gasteiger partial charge in [-0.2, -0.15) is 0 Å².